The van der Waals surface area contributed by atoms with E-state index in [1.165, 1.54) is 0 Å². The van der Waals surface area contributed by atoms with Gasteiger partial charge in [-0.05, 0) is 0 Å². The molecule has 23 heavy (non-hydrogen) atoms. The minimum Gasteiger partial charge on any atom is -0.759 e. The maximum absolute atomic E-state index is 8.52. The van der Waals surface area contributed by atoms with Gasteiger partial charge < -0.3 is 60.2 Å². The second-order valence-corrected chi connectivity index (χ2v) is 3.67. The maximum Gasteiger partial charge on any atom is 3.00 e. The van der Waals surface area contributed by atoms with Gasteiger partial charge in [-0.25, -0.2) is 0 Å². The van der Waals surface area contributed by atoms with Gasteiger partial charge in [-0.15, -0.1) is 0 Å². The molecule has 0 amide bonds. The van der Waals surface area contributed by atoms with Gasteiger partial charge >= 0.3 is 43.4 Å². The Labute approximate surface area is 159 Å². The molecule has 0 unspecified atom stereocenters. The van der Waals surface area contributed by atoms with Gasteiger partial charge in [0, 0.05) is 31.2 Å². The molecule has 12 N–H and O–H groups in total. The Hall–Kier alpha value is 0.799. The van der Waals surface area contributed by atoms with Crippen LogP contribution in [0, 0.1) is 0 Å². The summed E-state index contributed by atoms with van der Waals surface area (Å²) in [6.07, 6.45) is 0. The molecule has 2 radical (unpaired) electrons. The monoisotopic (exact) mass is 492 g/mol. The molecule has 23 heteroatoms. The van der Waals surface area contributed by atoms with E-state index in [0.717, 1.165) is 0 Å². The summed E-state index contributed by atoms with van der Waals surface area (Å²) in [6, 6.07) is 0. The van der Waals surface area contributed by atoms with Crippen molar-refractivity contribution < 1.29 is 129 Å². The van der Waals surface area contributed by atoms with E-state index in [4.69, 9.17) is 52.6 Å². The van der Waals surface area contributed by atoms with Gasteiger partial charge in [0.25, 0.3) is 0 Å². The molecule has 0 heterocycles. The molecule has 0 rings (SSSR count). The molecule has 0 spiro atoms. The predicted molar refractivity (Wildman–Crippen MR) is 53.1 cm³/mol. The molecule has 146 valence electrons. The minimum atomic E-state index is -5.17. The van der Waals surface area contributed by atoms with Gasteiger partial charge in [-0.3, -0.25) is 25.3 Å². The van der Waals surface area contributed by atoms with Gasteiger partial charge in [-0.1, -0.05) is 0 Å². The van der Waals surface area contributed by atoms with Crippen LogP contribution < -0.4 is 0 Å². The van der Waals surface area contributed by atoms with E-state index in [-0.39, 0.29) is 76.3 Å². The van der Waals surface area contributed by atoms with Crippen molar-refractivity contribution in [1.82, 2.24) is 0 Å². The van der Waals surface area contributed by atoms with Gasteiger partial charge in [0.1, 0.15) is 0 Å². The Bertz CT molecular complexity index is 343. The predicted octanol–water partition coefficient (Wildman–Crippen LogP) is -8.97. The molecule has 0 aromatic rings. The van der Waals surface area contributed by atoms with Crippen molar-refractivity contribution in [1.29, 1.82) is 0 Å². The number of hydrogen-bond acceptors (Lipinski definition) is 12. The van der Waals surface area contributed by atoms with Crippen molar-refractivity contribution in [2.45, 2.75) is 0 Å². The Kier molecular flexibility index (Phi) is 101. The van der Waals surface area contributed by atoms with Crippen molar-refractivity contribution in [3.8, 4) is 0 Å². The van der Waals surface area contributed by atoms with Gasteiger partial charge in [0.15, 0.2) is 0 Å². The van der Waals surface area contributed by atoms with Crippen LogP contribution in [0.3, 0.4) is 0 Å². The van der Waals surface area contributed by atoms with Crippen molar-refractivity contribution >= 4 is 31.2 Å². The first-order valence-electron chi connectivity index (χ1n) is 2.00. The van der Waals surface area contributed by atoms with E-state index >= 15 is 0 Å². The number of rotatable bonds is 0. The Morgan fingerprint density at radius 2 is 0.348 bits per heavy atom. The molecular weight excluding hydrogens is 480 g/mol. The topological polar surface area (TPSA) is 430 Å². The number of hydrogen-bond donors (Lipinski definition) is 0. The summed E-state index contributed by atoms with van der Waals surface area (Å²) in [5, 5.41) is 0. The largest absolute Gasteiger partial charge is 3.00 e. The van der Waals surface area contributed by atoms with Crippen LogP contribution >= 0.6 is 0 Å². The van der Waals surface area contributed by atoms with Crippen molar-refractivity contribution in [3.05, 3.63) is 0 Å². The molecule has 0 aromatic carbocycles. The SMILES string of the molecule is O.O.O.O.O.O.O=S(=O)([O-])[O-].O=S(=O)([O-])[O-].O=S(=O)([O-])[O-].[Ti+3].[Ti+3]. The Morgan fingerprint density at radius 1 is 0.348 bits per heavy atom. The summed E-state index contributed by atoms with van der Waals surface area (Å²) < 4.78 is 102. The maximum atomic E-state index is 8.52. The fourth-order valence-electron chi connectivity index (χ4n) is 0. The van der Waals surface area contributed by atoms with Crippen LogP contribution in [0.15, 0.2) is 0 Å². The van der Waals surface area contributed by atoms with E-state index in [0.29, 0.717) is 0 Å². The van der Waals surface area contributed by atoms with Gasteiger partial charge in [-0.2, -0.15) is 0 Å². The van der Waals surface area contributed by atoms with Crippen LogP contribution in [0.5, 0.6) is 0 Å². The zero-order valence-electron chi connectivity index (χ0n) is 10.1. The second kappa shape index (κ2) is 30.7. The Balaban J connectivity index is -0.00000000889. The molecular formula is H12O18S3Ti2. The van der Waals surface area contributed by atoms with Crippen LogP contribution in [-0.4, -0.2) is 85.4 Å². The fraction of sp³-hybridized carbons (Fsp3) is 0. The minimum absolute atomic E-state index is 0. The summed E-state index contributed by atoms with van der Waals surface area (Å²) in [7, 11) is -15.5. The smallest absolute Gasteiger partial charge is 0.759 e. The summed E-state index contributed by atoms with van der Waals surface area (Å²) >= 11 is 0. The third-order valence-corrected chi connectivity index (χ3v) is 0. The van der Waals surface area contributed by atoms with Crippen LogP contribution in [0.25, 0.3) is 0 Å². The van der Waals surface area contributed by atoms with Crippen LogP contribution in [0.1, 0.15) is 0 Å². The molecule has 0 atom stereocenters. The molecule has 0 saturated carbocycles. The third kappa shape index (κ3) is 15500. The molecule has 0 aromatic heterocycles. The van der Waals surface area contributed by atoms with Crippen LogP contribution in [0.4, 0.5) is 0 Å². The zero-order chi connectivity index (χ0) is 13.5. The van der Waals surface area contributed by atoms with E-state index in [9.17, 15) is 0 Å². The first-order chi connectivity index (χ1) is 6.00. The van der Waals surface area contributed by atoms with Crippen LogP contribution in [0.2, 0.25) is 0 Å². The van der Waals surface area contributed by atoms with E-state index < -0.39 is 31.2 Å². The second-order valence-electron chi connectivity index (χ2n) is 1.22. The first-order valence-corrected chi connectivity index (χ1v) is 6.00. The summed E-state index contributed by atoms with van der Waals surface area (Å²) in [4.78, 5) is 0. The molecule has 0 aliphatic heterocycles. The van der Waals surface area contributed by atoms with E-state index in [1.54, 1.807) is 0 Å². The first kappa shape index (κ1) is 75.5. The summed E-state index contributed by atoms with van der Waals surface area (Å²) in [5.74, 6) is 0. The van der Waals surface area contributed by atoms with Gasteiger partial charge in [0.05, 0.1) is 0 Å². The molecule has 0 bridgehead atoms. The third-order valence-electron chi connectivity index (χ3n) is 0. The molecule has 0 aliphatic rings. The average Bonchev–Trinajstić information content (AvgIpc) is 1.41. The molecule has 0 fully saturated rings. The van der Waals surface area contributed by atoms with Gasteiger partial charge in [0.2, 0.25) is 0 Å². The summed E-state index contributed by atoms with van der Waals surface area (Å²) in [5.41, 5.74) is 0. The molecule has 18 nitrogen and oxygen atoms in total. The standard InChI is InChI=1S/3H2O4S.6H2O.2Ti/c3*1-5(2,3)4;;;;;;;;/h3*(H2,1,2,3,4);6*1H2;;/q;;;;;;;;;2*+3/p-6. The van der Waals surface area contributed by atoms with Crippen molar-refractivity contribution in [3.63, 3.8) is 0 Å². The van der Waals surface area contributed by atoms with E-state index in [1.807, 2.05) is 0 Å². The normalized spacial score (nSPS) is 7.57. The molecule has 0 saturated heterocycles. The fourth-order valence-corrected chi connectivity index (χ4v) is 0. The van der Waals surface area contributed by atoms with Crippen LogP contribution in [-0.2, 0) is 74.6 Å². The summed E-state index contributed by atoms with van der Waals surface area (Å²) in [6.45, 7) is 0. The van der Waals surface area contributed by atoms with E-state index in [2.05, 4.69) is 0 Å². The van der Waals surface area contributed by atoms with Crippen molar-refractivity contribution in [2.24, 2.45) is 0 Å². The molecule has 0 aliphatic carbocycles. The Morgan fingerprint density at radius 3 is 0.348 bits per heavy atom. The van der Waals surface area contributed by atoms with Crippen molar-refractivity contribution in [2.75, 3.05) is 0 Å². The zero-order valence-corrected chi connectivity index (χ0v) is 15.7. The average molecular weight is 492 g/mol. The quantitative estimate of drug-likeness (QED) is 0.173.